The Morgan fingerprint density at radius 1 is 1.36 bits per heavy atom. The maximum atomic E-state index is 11.0. The molecule has 0 aliphatic rings. The van der Waals surface area contributed by atoms with Crippen LogP contribution in [0.15, 0.2) is 23.6 Å². The number of nitrogens with zero attached hydrogens (tertiary/aromatic N) is 2. The molecule has 0 saturated carbocycles. The van der Waals surface area contributed by atoms with E-state index in [9.17, 15) is 10.1 Å². The Bertz CT molecular complexity index is 642. The summed E-state index contributed by atoms with van der Waals surface area (Å²) in [6.07, 6.45) is 2.00. The molecule has 0 fully saturated rings. The molecule has 0 radical (unpaired) electrons. The zero-order chi connectivity index (χ0) is 15.9. The molecule has 1 heterocycles. The average Bonchev–Trinajstić information content (AvgIpc) is 2.93. The summed E-state index contributed by atoms with van der Waals surface area (Å²) in [5.74, 6) is 0. The fourth-order valence-electron chi connectivity index (χ4n) is 2.07. The molecule has 0 saturated heterocycles. The fraction of sp³-hybridized carbons (Fsp3) is 0.400. The van der Waals surface area contributed by atoms with Crippen molar-refractivity contribution in [2.24, 2.45) is 0 Å². The summed E-state index contributed by atoms with van der Waals surface area (Å²) < 4.78 is 0. The summed E-state index contributed by atoms with van der Waals surface area (Å²) in [6, 6.07) is 5.01. The van der Waals surface area contributed by atoms with Gasteiger partial charge < -0.3 is 10.6 Å². The van der Waals surface area contributed by atoms with Gasteiger partial charge in [-0.25, -0.2) is 4.98 Å². The zero-order valence-corrected chi connectivity index (χ0v) is 13.6. The van der Waals surface area contributed by atoms with Crippen LogP contribution in [0.3, 0.4) is 0 Å². The molecule has 22 heavy (non-hydrogen) atoms. The van der Waals surface area contributed by atoms with Crippen molar-refractivity contribution in [2.45, 2.75) is 26.7 Å². The molecule has 0 bridgehead atoms. The maximum Gasteiger partial charge on any atom is 0.274 e. The number of rotatable bonds is 8. The Morgan fingerprint density at radius 2 is 2.18 bits per heavy atom. The van der Waals surface area contributed by atoms with Crippen molar-refractivity contribution >= 4 is 27.8 Å². The van der Waals surface area contributed by atoms with E-state index in [1.165, 1.54) is 17.4 Å². The van der Waals surface area contributed by atoms with Gasteiger partial charge in [0.25, 0.3) is 5.69 Å². The van der Waals surface area contributed by atoms with E-state index in [4.69, 9.17) is 0 Å². The first kappa shape index (κ1) is 16.4. The number of hydrogen-bond acceptors (Lipinski definition) is 6. The number of nitrogens with one attached hydrogen (secondary N) is 2. The Balaban J connectivity index is 2.01. The monoisotopic (exact) mass is 320 g/mol. The molecule has 2 aromatic rings. The third-order valence-electron chi connectivity index (χ3n) is 3.28. The number of nitro groups is 1. The molecule has 1 aromatic carbocycles. The molecule has 118 valence electrons. The number of aromatic nitrogens is 1. The molecule has 0 aliphatic carbocycles. The van der Waals surface area contributed by atoms with Crippen molar-refractivity contribution in [1.29, 1.82) is 0 Å². The van der Waals surface area contributed by atoms with Crippen LogP contribution in [0.2, 0.25) is 0 Å². The van der Waals surface area contributed by atoms with Gasteiger partial charge in [-0.3, -0.25) is 10.1 Å². The number of anilines is 2. The molecular weight excluding hydrogens is 300 g/mol. The Hall–Kier alpha value is -1.99. The molecule has 0 amide bonds. The third kappa shape index (κ3) is 4.25. The predicted octanol–water partition coefficient (Wildman–Crippen LogP) is 3.65. The van der Waals surface area contributed by atoms with E-state index < -0.39 is 0 Å². The normalized spacial score (nSPS) is 10.6. The van der Waals surface area contributed by atoms with Gasteiger partial charge in [-0.05, 0) is 26.0 Å². The number of hydrogen-bond donors (Lipinski definition) is 2. The third-order valence-corrected chi connectivity index (χ3v) is 4.09. The molecule has 1 aromatic heterocycles. The molecule has 7 heteroatoms. The molecule has 2 rings (SSSR count). The minimum absolute atomic E-state index is 0.116. The van der Waals surface area contributed by atoms with E-state index in [1.54, 1.807) is 13.0 Å². The van der Waals surface area contributed by atoms with Crippen LogP contribution in [0.1, 0.15) is 24.6 Å². The quantitative estimate of drug-likeness (QED) is 0.441. The van der Waals surface area contributed by atoms with Gasteiger partial charge in [0.1, 0.15) is 0 Å². The topological polar surface area (TPSA) is 80.1 Å². The minimum atomic E-state index is -0.368. The standard InChI is InChI=1S/C15H20N4O2S/c1-3-8-16-9-7-12-10-22-15(17-12)18-13-5-4-6-14(11(13)2)19(20)21/h4-6,10,16H,3,7-9H2,1-2H3,(H,17,18). The van der Waals surface area contributed by atoms with Gasteiger partial charge in [-0.1, -0.05) is 13.0 Å². The molecule has 6 nitrogen and oxygen atoms in total. The second kappa shape index (κ2) is 7.86. The highest BCUT2D eigenvalue weighted by Gasteiger charge is 2.14. The lowest BCUT2D eigenvalue weighted by atomic mass is 10.1. The molecule has 0 atom stereocenters. The summed E-state index contributed by atoms with van der Waals surface area (Å²) in [5, 5.41) is 20.2. The Morgan fingerprint density at radius 3 is 2.91 bits per heavy atom. The highest BCUT2D eigenvalue weighted by molar-refractivity contribution is 7.13. The summed E-state index contributed by atoms with van der Waals surface area (Å²) >= 11 is 1.51. The highest BCUT2D eigenvalue weighted by atomic mass is 32.1. The van der Waals surface area contributed by atoms with Crippen molar-refractivity contribution in [3.05, 3.63) is 45.0 Å². The summed E-state index contributed by atoms with van der Waals surface area (Å²) in [6.45, 7) is 5.80. The van der Waals surface area contributed by atoms with Crippen LogP contribution in [0.5, 0.6) is 0 Å². The average molecular weight is 320 g/mol. The zero-order valence-electron chi connectivity index (χ0n) is 12.8. The van der Waals surface area contributed by atoms with Crippen LogP contribution in [0, 0.1) is 17.0 Å². The SMILES string of the molecule is CCCNCCc1csc(Nc2cccc([N+](=O)[O-])c2C)n1. The first-order valence-corrected chi connectivity index (χ1v) is 8.16. The van der Waals surface area contributed by atoms with E-state index in [-0.39, 0.29) is 10.6 Å². The number of benzene rings is 1. The van der Waals surface area contributed by atoms with Crippen molar-refractivity contribution in [3.63, 3.8) is 0 Å². The van der Waals surface area contributed by atoms with Crippen molar-refractivity contribution < 1.29 is 4.92 Å². The first-order chi connectivity index (χ1) is 10.6. The summed E-state index contributed by atoms with van der Waals surface area (Å²) in [4.78, 5) is 15.1. The van der Waals surface area contributed by atoms with Gasteiger partial charge in [-0.2, -0.15) is 0 Å². The summed E-state index contributed by atoms with van der Waals surface area (Å²) in [5.41, 5.74) is 2.48. The van der Waals surface area contributed by atoms with Crippen LogP contribution in [-0.4, -0.2) is 23.0 Å². The second-order valence-corrected chi connectivity index (χ2v) is 5.83. The lowest BCUT2D eigenvalue weighted by molar-refractivity contribution is -0.385. The van der Waals surface area contributed by atoms with Crippen molar-refractivity contribution in [3.8, 4) is 0 Å². The van der Waals surface area contributed by atoms with Gasteiger partial charge in [-0.15, -0.1) is 11.3 Å². The molecule has 0 aliphatic heterocycles. The van der Waals surface area contributed by atoms with Crippen molar-refractivity contribution in [1.82, 2.24) is 10.3 Å². The van der Waals surface area contributed by atoms with E-state index in [1.807, 2.05) is 11.4 Å². The highest BCUT2D eigenvalue weighted by Crippen LogP contribution is 2.29. The Kier molecular flexibility index (Phi) is 5.85. The smallest absolute Gasteiger partial charge is 0.274 e. The number of nitro benzene ring substituents is 1. The van der Waals surface area contributed by atoms with Gasteiger partial charge in [0.05, 0.1) is 21.9 Å². The van der Waals surface area contributed by atoms with Crippen LogP contribution in [0.25, 0.3) is 0 Å². The van der Waals surface area contributed by atoms with Crippen LogP contribution in [0.4, 0.5) is 16.5 Å². The van der Waals surface area contributed by atoms with Gasteiger partial charge in [0.15, 0.2) is 5.13 Å². The lowest BCUT2D eigenvalue weighted by Gasteiger charge is -2.06. The fourth-order valence-corrected chi connectivity index (χ4v) is 2.83. The maximum absolute atomic E-state index is 11.0. The molecule has 0 spiro atoms. The molecule has 2 N–H and O–H groups in total. The van der Waals surface area contributed by atoms with Crippen LogP contribution < -0.4 is 10.6 Å². The second-order valence-electron chi connectivity index (χ2n) is 4.98. The van der Waals surface area contributed by atoms with Crippen molar-refractivity contribution in [2.75, 3.05) is 18.4 Å². The van der Waals surface area contributed by atoms with Crippen LogP contribution in [-0.2, 0) is 6.42 Å². The van der Waals surface area contributed by atoms with Gasteiger partial charge in [0.2, 0.25) is 0 Å². The van der Waals surface area contributed by atoms with E-state index in [0.717, 1.165) is 42.4 Å². The van der Waals surface area contributed by atoms with Gasteiger partial charge >= 0.3 is 0 Å². The van der Waals surface area contributed by atoms with Crippen LogP contribution >= 0.6 is 11.3 Å². The molecular formula is C15H20N4O2S. The largest absolute Gasteiger partial charge is 0.331 e. The van der Waals surface area contributed by atoms with E-state index >= 15 is 0 Å². The Labute approximate surface area is 133 Å². The summed E-state index contributed by atoms with van der Waals surface area (Å²) in [7, 11) is 0. The van der Waals surface area contributed by atoms with E-state index in [2.05, 4.69) is 22.5 Å². The lowest BCUT2D eigenvalue weighted by Crippen LogP contribution is -2.17. The molecule has 0 unspecified atom stereocenters. The first-order valence-electron chi connectivity index (χ1n) is 7.28. The van der Waals surface area contributed by atoms with Gasteiger partial charge in [0, 0.05) is 24.4 Å². The van der Waals surface area contributed by atoms with E-state index in [0.29, 0.717) is 5.56 Å². The minimum Gasteiger partial charge on any atom is -0.331 e. The number of thiazole rings is 1. The predicted molar refractivity (Wildman–Crippen MR) is 90.1 cm³/mol.